The SMILES string of the molecule is C[C@@H](N)C(=O)Nc1ccc(OC2CCCC2)cc1.Cl. The van der Waals surface area contributed by atoms with E-state index in [0.717, 1.165) is 24.3 Å². The highest BCUT2D eigenvalue weighted by Crippen LogP contribution is 2.24. The van der Waals surface area contributed by atoms with E-state index in [0.29, 0.717) is 6.10 Å². The molecule has 0 aliphatic heterocycles. The molecule has 0 spiro atoms. The molecule has 3 N–H and O–H groups in total. The van der Waals surface area contributed by atoms with Gasteiger partial charge in [0.25, 0.3) is 0 Å². The van der Waals surface area contributed by atoms with Crippen molar-refractivity contribution in [1.82, 2.24) is 0 Å². The van der Waals surface area contributed by atoms with Gasteiger partial charge in [-0.05, 0) is 56.9 Å². The maximum atomic E-state index is 11.4. The number of amides is 1. The Labute approximate surface area is 120 Å². The first-order chi connectivity index (χ1) is 8.65. The smallest absolute Gasteiger partial charge is 0.240 e. The molecule has 19 heavy (non-hydrogen) atoms. The van der Waals surface area contributed by atoms with E-state index in [1.54, 1.807) is 6.92 Å². The van der Waals surface area contributed by atoms with E-state index < -0.39 is 6.04 Å². The minimum Gasteiger partial charge on any atom is -0.490 e. The van der Waals surface area contributed by atoms with Crippen LogP contribution in [0.2, 0.25) is 0 Å². The molecule has 0 saturated heterocycles. The molecule has 0 radical (unpaired) electrons. The Morgan fingerprint density at radius 3 is 2.42 bits per heavy atom. The summed E-state index contributed by atoms with van der Waals surface area (Å²) in [6.45, 7) is 1.66. The number of benzene rings is 1. The van der Waals surface area contributed by atoms with Gasteiger partial charge in [-0.3, -0.25) is 4.79 Å². The van der Waals surface area contributed by atoms with E-state index in [2.05, 4.69) is 5.32 Å². The molecule has 4 nitrogen and oxygen atoms in total. The lowest BCUT2D eigenvalue weighted by Crippen LogP contribution is -2.32. The molecule has 1 saturated carbocycles. The fraction of sp³-hybridized carbons (Fsp3) is 0.500. The molecule has 1 amide bonds. The van der Waals surface area contributed by atoms with Crippen molar-refractivity contribution in [3.05, 3.63) is 24.3 Å². The summed E-state index contributed by atoms with van der Waals surface area (Å²) < 4.78 is 5.85. The third kappa shape index (κ3) is 4.73. The van der Waals surface area contributed by atoms with Crippen LogP contribution in [-0.2, 0) is 4.79 Å². The number of carbonyl (C=O) groups excluding carboxylic acids is 1. The lowest BCUT2D eigenvalue weighted by Gasteiger charge is -2.13. The van der Waals surface area contributed by atoms with Crippen molar-refractivity contribution in [2.45, 2.75) is 44.8 Å². The van der Waals surface area contributed by atoms with Crippen LogP contribution in [0, 0.1) is 0 Å². The van der Waals surface area contributed by atoms with Crippen molar-refractivity contribution in [1.29, 1.82) is 0 Å². The summed E-state index contributed by atoms with van der Waals surface area (Å²) in [6.07, 6.45) is 5.15. The number of hydrogen-bond acceptors (Lipinski definition) is 3. The summed E-state index contributed by atoms with van der Waals surface area (Å²) in [6, 6.07) is 6.94. The van der Waals surface area contributed by atoms with Crippen LogP contribution in [0.25, 0.3) is 0 Å². The molecule has 0 aromatic heterocycles. The van der Waals surface area contributed by atoms with Gasteiger partial charge in [0.1, 0.15) is 5.75 Å². The minimum atomic E-state index is -0.501. The average molecular weight is 285 g/mol. The van der Waals surface area contributed by atoms with Gasteiger partial charge in [-0.1, -0.05) is 0 Å². The third-order valence-corrected chi connectivity index (χ3v) is 3.14. The van der Waals surface area contributed by atoms with E-state index in [9.17, 15) is 4.79 Å². The number of nitrogens with one attached hydrogen (secondary N) is 1. The first-order valence-electron chi connectivity index (χ1n) is 6.48. The van der Waals surface area contributed by atoms with Crippen LogP contribution in [0.3, 0.4) is 0 Å². The molecule has 1 aromatic rings. The highest BCUT2D eigenvalue weighted by molar-refractivity contribution is 5.94. The van der Waals surface area contributed by atoms with Crippen LogP contribution < -0.4 is 15.8 Å². The van der Waals surface area contributed by atoms with E-state index in [4.69, 9.17) is 10.5 Å². The van der Waals surface area contributed by atoms with E-state index >= 15 is 0 Å². The maximum Gasteiger partial charge on any atom is 0.240 e. The minimum absolute atomic E-state index is 0. The van der Waals surface area contributed by atoms with Gasteiger partial charge < -0.3 is 15.8 Å². The molecule has 1 atom stereocenters. The zero-order valence-electron chi connectivity index (χ0n) is 11.1. The molecule has 2 rings (SSSR count). The van der Waals surface area contributed by atoms with Crippen molar-refractivity contribution in [3.63, 3.8) is 0 Å². The molecule has 5 heteroatoms. The Bertz CT molecular complexity index is 400. The molecule has 0 bridgehead atoms. The number of rotatable bonds is 4. The molecule has 1 aliphatic rings. The standard InChI is InChI=1S/C14H20N2O2.ClH/c1-10(15)14(17)16-11-6-8-13(9-7-11)18-12-4-2-3-5-12;/h6-10,12H,2-5,15H2,1H3,(H,16,17);1H/t10-;/m1./s1. The van der Waals surface area contributed by atoms with Crippen LogP contribution in [0.5, 0.6) is 5.75 Å². The normalized spacial score (nSPS) is 16.5. The van der Waals surface area contributed by atoms with E-state index in [1.807, 2.05) is 24.3 Å². The second-order valence-electron chi connectivity index (χ2n) is 4.83. The third-order valence-electron chi connectivity index (χ3n) is 3.14. The van der Waals surface area contributed by atoms with E-state index in [-0.39, 0.29) is 18.3 Å². The van der Waals surface area contributed by atoms with Gasteiger partial charge >= 0.3 is 0 Å². The quantitative estimate of drug-likeness (QED) is 0.893. The van der Waals surface area contributed by atoms with Crippen LogP contribution in [-0.4, -0.2) is 18.1 Å². The number of hydrogen-bond donors (Lipinski definition) is 2. The van der Waals surface area contributed by atoms with Crippen molar-refractivity contribution < 1.29 is 9.53 Å². The van der Waals surface area contributed by atoms with Gasteiger partial charge in [0.2, 0.25) is 5.91 Å². The summed E-state index contributed by atoms with van der Waals surface area (Å²) in [4.78, 5) is 11.4. The van der Waals surface area contributed by atoms with Gasteiger partial charge in [-0.15, -0.1) is 12.4 Å². The van der Waals surface area contributed by atoms with Gasteiger partial charge in [0.15, 0.2) is 0 Å². The summed E-state index contributed by atoms with van der Waals surface area (Å²) in [5.41, 5.74) is 6.23. The Hall–Kier alpha value is -1.26. The Balaban J connectivity index is 0.00000180. The molecule has 1 aliphatic carbocycles. The summed E-state index contributed by atoms with van der Waals surface area (Å²) >= 11 is 0. The van der Waals surface area contributed by atoms with Crippen molar-refractivity contribution >= 4 is 24.0 Å². The largest absolute Gasteiger partial charge is 0.490 e. The fourth-order valence-electron chi connectivity index (χ4n) is 2.07. The van der Waals surface area contributed by atoms with Crippen LogP contribution in [0.1, 0.15) is 32.6 Å². The lowest BCUT2D eigenvalue weighted by atomic mass is 10.2. The second-order valence-corrected chi connectivity index (χ2v) is 4.83. The van der Waals surface area contributed by atoms with Crippen LogP contribution in [0.15, 0.2) is 24.3 Å². The molecule has 1 fully saturated rings. The van der Waals surface area contributed by atoms with Gasteiger partial charge in [0.05, 0.1) is 12.1 Å². The van der Waals surface area contributed by atoms with Gasteiger partial charge in [0, 0.05) is 5.69 Å². The van der Waals surface area contributed by atoms with Crippen molar-refractivity contribution in [3.8, 4) is 5.75 Å². The number of anilines is 1. The monoisotopic (exact) mass is 284 g/mol. The molecule has 1 aromatic carbocycles. The summed E-state index contributed by atoms with van der Waals surface area (Å²) in [5.74, 6) is 0.681. The molecular weight excluding hydrogens is 264 g/mol. The first kappa shape index (κ1) is 15.8. The topological polar surface area (TPSA) is 64.4 Å². The summed E-state index contributed by atoms with van der Waals surface area (Å²) in [5, 5.41) is 2.74. The zero-order valence-corrected chi connectivity index (χ0v) is 11.9. The zero-order chi connectivity index (χ0) is 13.0. The highest BCUT2D eigenvalue weighted by atomic mass is 35.5. The summed E-state index contributed by atoms with van der Waals surface area (Å²) in [7, 11) is 0. The molecular formula is C14H21ClN2O2. The van der Waals surface area contributed by atoms with Crippen LogP contribution >= 0.6 is 12.4 Å². The van der Waals surface area contributed by atoms with Crippen molar-refractivity contribution in [2.75, 3.05) is 5.32 Å². The van der Waals surface area contributed by atoms with Gasteiger partial charge in [-0.25, -0.2) is 0 Å². The Morgan fingerprint density at radius 1 is 1.32 bits per heavy atom. The van der Waals surface area contributed by atoms with Crippen molar-refractivity contribution in [2.24, 2.45) is 5.73 Å². The van der Waals surface area contributed by atoms with Gasteiger partial charge in [-0.2, -0.15) is 0 Å². The Kier molecular flexibility index (Phi) is 6.12. The maximum absolute atomic E-state index is 11.4. The molecule has 106 valence electrons. The predicted octanol–water partition coefficient (Wildman–Crippen LogP) is 2.72. The second kappa shape index (κ2) is 7.36. The number of nitrogens with two attached hydrogens (primary N) is 1. The number of halogens is 1. The predicted molar refractivity (Wildman–Crippen MR) is 78.9 cm³/mol. The molecule has 0 unspecified atom stereocenters. The fourth-order valence-corrected chi connectivity index (χ4v) is 2.07. The average Bonchev–Trinajstić information content (AvgIpc) is 2.84. The Morgan fingerprint density at radius 2 is 1.89 bits per heavy atom. The lowest BCUT2D eigenvalue weighted by molar-refractivity contribution is -0.117. The highest BCUT2D eigenvalue weighted by Gasteiger charge is 2.16. The number of ether oxygens (including phenoxy) is 1. The van der Waals surface area contributed by atoms with Crippen LogP contribution in [0.4, 0.5) is 5.69 Å². The number of carbonyl (C=O) groups is 1. The molecule has 0 heterocycles. The van der Waals surface area contributed by atoms with E-state index in [1.165, 1.54) is 12.8 Å². The first-order valence-corrected chi connectivity index (χ1v) is 6.48.